The number of nitro groups is 1. The maximum atomic E-state index is 12.2. The summed E-state index contributed by atoms with van der Waals surface area (Å²) in [4.78, 5) is 22.4. The van der Waals surface area contributed by atoms with E-state index in [4.69, 9.17) is 27.9 Å². The molecular formula is C14H10Cl2N2O4. The molecule has 0 radical (unpaired) electrons. The van der Waals surface area contributed by atoms with Crippen LogP contribution in [-0.2, 0) is 0 Å². The van der Waals surface area contributed by atoms with E-state index >= 15 is 0 Å². The average Bonchev–Trinajstić information content (AvgIpc) is 2.50. The maximum Gasteiger partial charge on any atom is 0.273 e. The summed E-state index contributed by atoms with van der Waals surface area (Å²) < 4.78 is 5.05. The summed E-state index contributed by atoms with van der Waals surface area (Å²) in [5.74, 6) is -0.333. The van der Waals surface area contributed by atoms with Gasteiger partial charge in [-0.3, -0.25) is 14.9 Å². The Kier molecular flexibility index (Phi) is 4.85. The number of amides is 1. The lowest BCUT2D eigenvalue weighted by atomic mass is 10.2. The number of carbonyl (C=O) groups is 1. The number of methoxy groups -OCH3 is 1. The van der Waals surface area contributed by atoms with Gasteiger partial charge in [0.05, 0.1) is 39.4 Å². The van der Waals surface area contributed by atoms with E-state index in [0.717, 1.165) is 0 Å². The predicted molar refractivity (Wildman–Crippen MR) is 84.1 cm³/mol. The van der Waals surface area contributed by atoms with Crippen LogP contribution in [0.5, 0.6) is 5.75 Å². The molecular weight excluding hydrogens is 331 g/mol. The molecule has 0 unspecified atom stereocenters. The van der Waals surface area contributed by atoms with Gasteiger partial charge in [0.2, 0.25) is 0 Å². The van der Waals surface area contributed by atoms with E-state index in [1.165, 1.54) is 31.4 Å². The molecule has 22 heavy (non-hydrogen) atoms. The molecule has 0 aliphatic carbocycles. The van der Waals surface area contributed by atoms with Gasteiger partial charge in [0, 0.05) is 6.07 Å². The zero-order valence-electron chi connectivity index (χ0n) is 11.3. The Labute approximate surface area is 135 Å². The number of nitrogens with zero attached hydrogens (tertiary/aromatic N) is 1. The van der Waals surface area contributed by atoms with E-state index in [-0.39, 0.29) is 32.7 Å². The molecule has 8 heteroatoms. The first-order valence-corrected chi connectivity index (χ1v) is 6.77. The van der Waals surface area contributed by atoms with Crippen LogP contribution in [-0.4, -0.2) is 17.9 Å². The van der Waals surface area contributed by atoms with E-state index in [2.05, 4.69) is 5.32 Å². The standard InChI is InChI=1S/C14H10Cl2N2O4/c1-22-12-7-8(18(20)21)5-6-11(12)17-14(19)9-3-2-4-10(15)13(9)16/h2-7H,1H3,(H,17,19). The van der Waals surface area contributed by atoms with Gasteiger partial charge in [0.25, 0.3) is 11.6 Å². The fraction of sp³-hybridized carbons (Fsp3) is 0.0714. The number of nitrogens with one attached hydrogen (secondary N) is 1. The first kappa shape index (κ1) is 16.1. The van der Waals surface area contributed by atoms with Crippen LogP contribution in [0, 0.1) is 10.1 Å². The first-order chi connectivity index (χ1) is 10.4. The van der Waals surface area contributed by atoms with Gasteiger partial charge in [0.15, 0.2) is 0 Å². The number of benzene rings is 2. The molecule has 1 N–H and O–H groups in total. The zero-order chi connectivity index (χ0) is 16.3. The van der Waals surface area contributed by atoms with Crippen molar-refractivity contribution in [2.45, 2.75) is 0 Å². The van der Waals surface area contributed by atoms with Gasteiger partial charge < -0.3 is 10.1 Å². The predicted octanol–water partition coefficient (Wildman–Crippen LogP) is 4.16. The third kappa shape index (κ3) is 3.29. The SMILES string of the molecule is COc1cc([N+](=O)[O-])ccc1NC(=O)c1cccc(Cl)c1Cl. The number of ether oxygens (including phenoxy) is 1. The molecule has 6 nitrogen and oxygen atoms in total. The Morgan fingerprint density at radius 1 is 1.27 bits per heavy atom. The van der Waals surface area contributed by atoms with Crippen molar-refractivity contribution in [3.8, 4) is 5.75 Å². The molecule has 0 bridgehead atoms. The normalized spacial score (nSPS) is 10.1. The number of non-ortho nitro benzene ring substituents is 1. The van der Waals surface area contributed by atoms with Gasteiger partial charge in [0.1, 0.15) is 5.75 Å². The van der Waals surface area contributed by atoms with Crippen LogP contribution in [0.1, 0.15) is 10.4 Å². The number of rotatable bonds is 4. The fourth-order valence-electron chi connectivity index (χ4n) is 1.77. The largest absolute Gasteiger partial charge is 0.494 e. The van der Waals surface area contributed by atoms with E-state index < -0.39 is 10.8 Å². The van der Waals surface area contributed by atoms with Crippen LogP contribution in [0.15, 0.2) is 36.4 Å². The molecule has 2 aromatic carbocycles. The molecule has 0 saturated carbocycles. The van der Waals surface area contributed by atoms with Crippen LogP contribution in [0.4, 0.5) is 11.4 Å². The van der Waals surface area contributed by atoms with Gasteiger partial charge in [-0.2, -0.15) is 0 Å². The van der Waals surface area contributed by atoms with Crippen LogP contribution in [0.25, 0.3) is 0 Å². The maximum absolute atomic E-state index is 12.2. The average molecular weight is 341 g/mol. The molecule has 0 atom stereocenters. The van der Waals surface area contributed by atoms with Crippen LogP contribution < -0.4 is 10.1 Å². The summed E-state index contributed by atoms with van der Waals surface area (Å²) in [5, 5.41) is 13.7. The molecule has 0 saturated heterocycles. The molecule has 114 valence electrons. The summed E-state index contributed by atoms with van der Waals surface area (Å²) >= 11 is 11.8. The van der Waals surface area contributed by atoms with E-state index in [9.17, 15) is 14.9 Å². The highest BCUT2D eigenvalue weighted by molar-refractivity contribution is 6.44. The molecule has 0 aliphatic rings. The van der Waals surface area contributed by atoms with Crippen molar-refractivity contribution < 1.29 is 14.5 Å². The number of halogens is 2. The summed E-state index contributed by atoms with van der Waals surface area (Å²) in [6.07, 6.45) is 0. The molecule has 0 fully saturated rings. The topological polar surface area (TPSA) is 81.5 Å². The summed E-state index contributed by atoms with van der Waals surface area (Å²) in [6.45, 7) is 0. The van der Waals surface area contributed by atoms with Crippen LogP contribution in [0.3, 0.4) is 0 Å². The number of hydrogen-bond donors (Lipinski definition) is 1. The Hall–Kier alpha value is -2.31. The van der Waals surface area contributed by atoms with Gasteiger partial charge in [-0.05, 0) is 18.2 Å². The lowest BCUT2D eigenvalue weighted by molar-refractivity contribution is -0.384. The van der Waals surface area contributed by atoms with Gasteiger partial charge in [-0.1, -0.05) is 29.3 Å². The smallest absolute Gasteiger partial charge is 0.273 e. The fourth-order valence-corrected chi connectivity index (χ4v) is 2.15. The molecule has 0 aliphatic heterocycles. The Balaban J connectivity index is 2.32. The Morgan fingerprint density at radius 2 is 2.00 bits per heavy atom. The Morgan fingerprint density at radius 3 is 2.64 bits per heavy atom. The summed E-state index contributed by atoms with van der Waals surface area (Å²) in [6, 6.07) is 8.53. The summed E-state index contributed by atoms with van der Waals surface area (Å²) in [7, 11) is 1.35. The van der Waals surface area contributed by atoms with Gasteiger partial charge in [-0.25, -0.2) is 0 Å². The number of carbonyl (C=O) groups excluding carboxylic acids is 1. The van der Waals surface area contributed by atoms with Crippen LogP contribution >= 0.6 is 23.2 Å². The van der Waals surface area contributed by atoms with Crippen molar-refractivity contribution in [3.63, 3.8) is 0 Å². The second-order valence-corrected chi connectivity index (χ2v) is 4.98. The minimum absolute atomic E-state index is 0.127. The van der Waals surface area contributed by atoms with Crippen molar-refractivity contribution in [2.24, 2.45) is 0 Å². The van der Waals surface area contributed by atoms with Gasteiger partial charge in [-0.15, -0.1) is 0 Å². The zero-order valence-corrected chi connectivity index (χ0v) is 12.8. The van der Waals surface area contributed by atoms with Crippen molar-refractivity contribution in [2.75, 3.05) is 12.4 Å². The van der Waals surface area contributed by atoms with Crippen molar-refractivity contribution in [1.29, 1.82) is 0 Å². The number of nitro benzene ring substituents is 1. The minimum atomic E-state index is -0.554. The number of hydrogen-bond acceptors (Lipinski definition) is 4. The molecule has 2 rings (SSSR count). The summed E-state index contributed by atoms with van der Waals surface area (Å²) in [5.41, 5.74) is 0.333. The molecule has 1 amide bonds. The van der Waals surface area contributed by atoms with Gasteiger partial charge >= 0.3 is 0 Å². The Bertz CT molecular complexity index is 750. The lowest BCUT2D eigenvalue weighted by Crippen LogP contribution is -2.13. The molecule has 0 spiro atoms. The second kappa shape index (κ2) is 6.64. The molecule has 2 aromatic rings. The van der Waals surface area contributed by atoms with Crippen molar-refractivity contribution in [3.05, 3.63) is 62.1 Å². The highest BCUT2D eigenvalue weighted by Gasteiger charge is 2.16. The monoisotopic (exact) mass is 340 g/mol. The van der Waals surface area contributed by atoms with Crippen molar-refractivity contribution in [1.82, 2.24) is 0 Å². The first-order valence-electron chi connectivity index (χ1n) is 6.02. The van der Waals surface area contributed by atoms with E-state index in [1.807, 2.05) is 0 Å². The molecule has 0 aromatic heterocycles. The lowest BCUT2D eigenvalue weighted by Gasteiger charge is -2.11. The van der Waals surface area contributed by atoms with E-state index in [0.29, 0.717) is 0 Å². The number of anilines is 1. The third-order valence-electron chi connectivity index (χ3n) is 2.84. The van der Waals surface area contributed by atoms with Crippen molar-refractivity contribution >= 4 is 40.5 Å². The van der Waals surface area contributed by atoms with E-state index in [1.54, 1.807) is 12.1 Å². The highest BCUT2D eigenvalue weighted by atomic mass is 35.5. The second-order valence-electron chi connectivity index (χ2n) is 4.20. The third-order valence-corrected chi connectivity index (χ3v) is 3.66. The minimum Gasteiger partial charge on any atom is -0.494 e. The molecule has 0 heterocycles. The highest BCUT2D eigenvalue weighted by Crippen LogP contribution is 2.31. The quantitative estimate of drug-likeness (QED) is 0.669. The van der Waals surface area contributed by atoms with Crippen LogP contribution in [0.2, 0.25) is 10.0 Å².